The molecule has 0 N–H and O–H groups in total. The Labute approximate surface area is 323 Å². The van der Waals surface area contributed by atoms with Gasteiger partial charge in [-0.3, -0.25) is 0 Å². The minimum atomic E-state index is 0.588. The maximum atomic E-state index is 7.00. The zero-order valence-corrected chi connectivity index (χ0v) is 32.7. The van der Waals surface area contributed by atoms with Gasteiger partial charge in [-0.2, -0.15) is 0 Å². The smallest absolute Gasteiger partial charge is 0.167 e. The molecule has 0 amide bonds. The molecule has 0 unspecified atom stereocenters. The molecule has 0 fully saturated rings. The van der Waals surface area contributed by atoms with Gasteiger partial charge in [0, 0.05) is 43.8 Å². The molecule has 0 aliphatic heterocycles. The molecule has 0 saturated carbocycles. The molecule has 246 valence electrons. The van der Waals surface area contributed by atoms with Crippen LogP contribution < -0.4 is 54.6 Å². The maximum Gasteiger partial charge on any atom is 0.167 e. The van der Waals surface area contributed by atoms with Crippen LogP contribution in [-0.2, 0) is 0 Å². The molecule has 3 aromatic heterocycles. The third-order valence-corrected chi connectivity index (χ3v) is 12.5. The van der Waals surface area contributed by atoms with Crippen LogP contribution in [0.2, 0.25) is 0 Å². The highest BCUT2D eigenvalue weighted by molar-refractivity contribution is 6.70. The van der Waals surface area contributed by atoms with Crippen LogP contribution in [0.25, 0.3) is 89.2 Å². The third-order valence-electron chi connectivity index (χ3n) is 12.5. The molecule has 9 aromatic rings. The summed E-state index contributed by atoms with van der Waals surface area (Å²) in [6.07, 6.45) is 0. The molecule has 0 aliphatic rings. The second kappa shape index (κ2) is 12.6. The minimum Gasteiger partial charge on any atom is -0.455 e. The number of furan rings is 2. The fourth-order valence-corrected chi connectivity index (χ4v) is 8.56. The maximum absolute atomic E-state index is 7.00. The molecule has 6 aromatic carbocycles. The van der Waals surface area contributed by atoms with Crippen molar-refractivity contribution in [3.63, 3.8) is 0 Å². The van der Waals surface area contributed by atoms with Gasteiger partial charge in [0.15, 0.2) is 17.5 Å². The van der Waals surface area contributed by atoms with Gasteiger partial charge in [0.25, 0.3) is 0 Å². The normalized spacial score (nSPS) is 11.7. The Kier molecular flexibility index (Phi) is 8.00. The Hall–Kier alpha value is -5.42. The average Bonchev–Trinajstić information content (AvgIpc) is 3.77. The SMILES string of the molecule is Bc1c(B)c(B)c(-c2nc(-c3c(B)c(B)c(B)c(B)c3B)nc(-c3cccc4c3oc3c(-c5cccc6c5oc5ccccc56)cccc34)n2)c(B)c1B. The van der Waals surface area contributed by atoms with E-state index < -0.39 is 0 Å². The summed E-state index contributed by atoms with van der Waals surface area (Å²) in [4.78, 5) is 16.0. The molecule has 0 saturated heterocycles. The zero-order valence-electron chi connectivity index (χ0n) is 32.7. The van der Waals surface area contributed by atoms with E-state index in [0.717, 1.165) is 71.7 Å². The van der Waals surface area contributed by atoms with E-state index in [-0.39, 0.29) is 0 Å². The molecule has 0 aliphatic carbocycles. The van der Waals surface area contributed by atoms with Crippen LogP contribution >= 0.6 is 0 Å². The number of rotatable bonds is 4. The first-order valence-electron chi connectivity index (χ1n) is 18.7. The van der Waals surface area contributed by atoms with Crippen LogP contribution in [0.5, 0.6) is 0 Å². The average molecular weight is 684 g/mol. The van der Waals surface area contributed by atoms with Crippen LogP contribution in [-0.4, -0.2) is 93.4 Å². The van der Waals surface area contributed by atoms with E-state index in [4.69, 9.17) is 23.8 Å². The summed E-state index contributed by atoms with van der Waals surface area (Å²) in [5, 5.41) is 4.22. The van der Waals surface area contributed by atoms with Gasteiger partial charge in [0.1, 0.15) is 101 Å². The van der Waals surface area contributed by atoms with Gasteiger partial charge >= 0.3 is 0 Å². The lowest BCUT2D eigenvalue weighted by Gasteiger charge is -2.22. The highest BCUT2D eigenvalue weighted by atomic mass is 16.3. The summed E-state index contributed by atoms with van der Waals surface area (Å²) in [6, 6.07) is 27.2. The predicted molar refractivity (Wildman–Crippen MR) is 258 cm³/mol. The Morgan fingerprint density at radius 2 is 0.667 bits per heavy atom. The van der Waals surface area contributed by atoms with Crippen LogP contribution in [0.15, 0.2) is 87.7 Å². The topological polar surface area (TPSA) is 65.0 Å². The van der Waals surface area contributed by atoms with Crippen molar-refractivity contribution < 1.29 is 8.83 Å². The third kappa shape index (κ3) is 4.97. The second-order valence-electron chi connectivity index (χ2n) is 15.1. The van der Waals surface area contributed by atoms with Gasteiger partial charge in [-0.05, 0) is 12.1 Å². The summed E-state index contributed by atoms with van der Waals surface area (Å²) in [7, 11) is 21.9. The number of nitrogens with zero attached hydrogens (tertiary/aromatic N) is 3. The van der Waals surface area contributed by atoms with Crippen molar-refractivity contribution in [1.82, 2.24) is 15.0 Å². The summed E-state index contributed by atoms with van der Waals surface area (Å²) in [5.74, 6) is 1.94. The van der Waals surface area contributed by atoms with E-state index in [1.54, 1.807) is 0 Å². The van der Waals surface area contributed by atoms with Crippen molar-refractivity contribution in [3.8, 4) is 45.3 Å². The molecule has 0 bridgehead atoms. The quantitative estimate of drug-likeness (QED) is 0.173. The summed E-state index contributed by atoms with van der Waals surface area (Å²) < 4.78 is 13.5. The standard InChI is InChI=1S/C39H33B10N3O2/c40-24-22(25(41)29(45)32(48)28(24)44)38-50-37(51-39(52-38)23-26(42)30(46)33(49)31(47)27(23)43)20-12-5-11-19-18-10-4-9-17(35(18)54-36(19)20)16-8-3-7-15-14-6-1-2-13-21(14)53-34(15)16/h1-13H,40-49H2. The Morgan fingerprint density at radius 3 is 1.17 bits per heavy atom. The molecule has 54 heavy (non-hydrogen) atoms. The van der Waals surface area contributed by atoms with Gasteiger partial charge < -0.3 is 8.83 Å². The van der Waals surface area contributed by atoms with E-state index in [2.05, 4.69) is 145 Å². The van der Waals surface area contributed by atoms with Crippen molar-refractivity contribution >= 4 is 177 Å². The molecule has 0 spiro atoms. The summed E-state index contributed by atoms with van der Waals surface area (Å²) in [5.41, 5.74) is 20.6. The molecule has 3 heterocycles. The number of fused-ring (bicyclic) bond motifs is 6. The zero-order chi connectivity index (χ0) is 37.7. The van der Waals surface area contributed by atoms with E-state index in [1.165, 1.54) is 54.6 Å². The van der Waals surface area contributed by atoms with Crippen molar-refractivity contribution in [1.29, 1.82) is 0 Å². The number of hydrogen-bond acceptors (Lipinski definition) is 5. The number of benzene rings is 6. The van der Waals surface area contributed by atoms with E-state index in [9.17, 15) is 0 Å². The van der Waals surface area contributed by atoms with E-state index in [1.807, 2.05) is 12.1 Å². The van der Waals surface area contributed by atoms with Crippen LogP contribution in [0, 0.1) is 0 Å². The largest absolute Gasteiger partial charge is 0.455 e. The Morgan fingerprint density at radius 1 is 0.315 bits per heavy atom. The first kappa shape index (κ1) is 34.4. The Balaban J connectivity index is 1.34. The molecule has 0 radical (unpaired) electrons. The van der Waals surface area contributed by atoms with Crippen molar-refractivity contribution in [3.05, 3.63) is 78.9 Å². The highest BCUT2D eigenvalue weighted by Crippen LogP contribution is 2.42. The van der Waals surface area contributed by atoms with Crippen molar-refractivity contribution in [2.75, 3.05) is 0 Å². The van der Waals surface area contributed by atoms with Crippen LogP contribution in [0.3, 0.4) is 0 Å². The van der Waals surface area contributed by atoms with Crippen molar-refractivity contribution in [2.45, 2.75) is 0 Å². The number of hydrogen-bond donors (Lipinski definition) is 0. The summed E-state index contributed by atoms with van der Waals surface area (Å²) >= 11 is 0. The fraction of sp³-hybridized carbons (Fsp3) is 0. The van der Waals surface area contributed by atoms with E-state index in [0.29, 0.717) is 17.5 Å². The first-order chi connectivity index (χ1) is 26.0. The van der Waals surface area contributed by atoms with Gasteiger partial charge in [-0.15, -0.1) is 32.8 Å². The lowest BCUT2D eigenvalue weighted by molar-refractivity contribution is 0.665. The van der Waals surface area contributed by atoms with Gasteiger partial charge in [0.2, 0.25) is 0 Å². The number of aromatic nitrogens is 3. The lowest BCUT2D eigenvalue weighted by atomic mass is 9.60. The predicted octanol–water partition coefficient (Wildman–Crippen LogP) is -7.08. The molecule has 0 atom stereocenters. The van der Waals surface area contributed by atoms with Crippen LogP contribution in [0.1, 0.15) is 0 Å². The van der Waals surface area contributed by atoms with E-state index >= 15 is 0 Å². The highest BCUT2D eigenvalue weighted by Gasteiger charge is 2.24. The number of para-hydroxylation sites is 4. The molecule has 9 rings (SSSR count). The molecule has 5 nitrogen and oxygen atoms in total. The minimum absolute atomic E-state index is 0.588. The molecular weight excluding hydrogens is 651 g/mol. The van der Waals surface area contributed by atoms with Gasteiger partial charge in [-0.25, -0.2) is 15.0 Å². The van der Waals surface area contributed by atoms with Gasteiger partial charge in [-0.1, -0.05) is 88.6 Å². The van der Waals surface area contributed by atoms with Crippen LogP contribution in [0.4, 0.5) is 0 Å². The monoisotopic (exact) mass is 685 g/mol. The summed E-state index contributed by atoms with van der Waals surface area (Å²) in [6.45, 7) is 0. The van der Waals surface area contributed by atoms with Gasteiger partial charge in [0.05, 0.1) is 5.56 Å². The molecule has 15 heteroatoms. The Bertz CT molecular complexity index is 2940. The first-order valence-corrected chi connectivity index (χ1v) is 18.7. The van der Waals surface area contributed by atoms with Crippen molar-refractivity contribution in [2.24, 2.45) is 0 Å². The lowest BCUT2D eigenvalue weighted by Crippen LogP contribution is -2.55. The second-order valence-corrected chi connectivity index (χ2v) is 15.1. The molecular formula is C39H33B10N3O2. The fourth-order valence-electron chi connectivity index (χ4n) is 8.56.